The Balaban J connectivity index is 1.36. The smallest absolute Gasteiger partial charge is 0.194 e. The van der Waals surface area contributed by atoms with Gasteiger partial charge in [0.15, 0.2) is 5.96 Å². The third-order valence-corrected chi connectivity index (χ3v) is 5.33. The van der Waals surface area contributed by atoms with E-state index >= 15 is 0 Å². The molecule has 0 unspecified atom stereocenters. The highest BCUT2D eigenvalue weighted by Gasteiger charge is 2.18. The number of anilines is 1. The summed E-state index contributed by atoms with van der Waals surface area (Å²) < 4.78 is 0. The Hall–Kier alpha value is -2.56. The first kappa shape index (κ1) is 16.9. The molecular formula is C21H27N5. The fourth-order valence-corrected chi connectivity index (χ4v) is 3.84. The number of guanidine groups is 1. The van der Waals surface area contributed by atoms with Gasteiger partial charge in [0.1, 0.15) is 5.82 Å². The summed E-state index contributed by atoms with van der Waals surface area (Å²) in [7, 11) is 1.86. The average molecular weight is 349 g/mol. The second kappa shape index (κ2) is 7.77. The van der Waals surface area contributed by atoms with Crippen molar-refractivity contribution in [3.63, 3.8) is 0 Å². The van der Waals surface area contributed by atoms with Crippen LogP contribution >= 0.6 is 0 Å². The van der Waals surface area contributed by atoms with Crippen LogP contribution in [0, 0.1) is 0 Å². The fourth-order valence-electron chi connectivity index (χ4n) is 3.84. The molecule has 1 aromatic heterocycles. The van der Waals surface area contributed by atoms with Crippen molar-refractivity contribution < 1.29 is 0 Å². The van der Waals surface area contributed by atoms with Crippen molar-refractivity contribution in [1.29, 1.82) is 0 Å². The molecule has 1 aromatic carbocycles. The van der Waals surface area contributed by atoms with Crippen LogP contribution in [0.3, 0.4) is 0 Å². The van der Waals surface area contributed by atoms with E-state index in [9.17, 15) is 0 Å². The normalized spacial score (nSPS) is 17.3. The maximum absolute atomic E-state index is 4.64. The molecule has 0 aliphatic carbocycles. The Labute approximate surface area is 155 Å². The Morgan fingerprint density at radius 2 is 1.88 bits per heavy atom. The lowest BCUT2D eigenvalue weighted by atomic mass is 10.0. The highest BCUT2D eigenvalue weighted by Crippen LogP contribution is 2.19. The predicted octanol–water partition coefficient (Wildman–Crippen LogP) is 2.82. The van der Waals surface area contributed by atoms with E-state index in [1.807, 2.05) is 13.2 Å². The average Bonchev–Trinajstić information content (AvgIpc) is 3.24. The molecule has 2 aromatic rings. The van der Waals surface area contributed by atoms with E-state index < -0.39 is 0 Å². The molecule has 0 amide bonds. The number of nitrogens with zero attached hydrogens (tertiary/aromatic N) is 4. The topological polar surface area (TPSA) is 43.8 Å². The van der Waals surface area contributed by atoms with Gasteiger partial charge < -0.3 is 15.1 Å². The first-order valence-electron chi connectivity index (χ1n) is 9.56. The minimum absolute atomic E-state index is 0.748. The van der Waals surface area contributed by atoms with Crippen LogP contribution < -0.4 is 10.2 Å². The third kappa shape index (κ3) is 3.66. The Bertz CT molecular complexity index is 762. The number of aliphatic imine (C=N–C) groups is 1. The number of hydrogen-bond acceptors (Lipinski definition) is 3. The molecular weight excluding hydrogens is 322 g/mol. The molecule has 5 nitrogen and oxygen atoms in total. The van der Waals surface area contributed by atoms with Gasteiger partial charge in [-0.3, -0.25) is 4.99 Å². The molecule has 0 radical (unpaired) electrons. The van der Waals surface area contributed by atoms with Crippen LogP contribution in [0.1, 0.15) is 29.5 Å². The van der Waals surface area contributed by atoms with Crippen LogP contribution in [0.5, 0.6) is 0 Å². The molecule has 1 saturated heterocycles. The monoisotopic (exact) mass is 349 g/mol. The summed E-state index contributed by atoms with van der Waals surface area (Å²) in [5.41, 5.74) is 4.05. The Morgan fingerprint density at radius 1 is 1.08 bits per heavy atom. The fraction of sp³-hybridized carbons (Fsp3) is 0.429. The Morgan fingerprint density at radius 3 is 2.62 bits per heavy atom. The van der Waals surface area contributed by atoms with Crippen molar-refractivity contribution in [2.24, 2.45) is 4.99 Å². The summed E-state index contributed by atoms with van der Waals surface area (Å²) >= 11 is 0. The van der Waals surface area contributed by atoms with Gasteiger partial charge in [-0.1, -0.05) is 30.3 Å². The molecule has 1 fully saturated rings. The predicted molar refractivity (Wildman–Crippen MR) is 106 cm³/mol. The molecule has 0 atom stereocenters. The van der Waals surface area contributed by atoms with Gasteiger partial charge in [0.25, 0.3) is 0 Å². The Kier molecular flexibility index (Phi) is 5.04. The highest BCUT2D eigenvalue weighted by atomic mass is 15.3. The highest BCUT2D eigenvalue weighted by molar-refractivity contribution is 5.80. The van der Waals surface area contributed by atoms with Crippen molar-refractivity contribution in [3.8, 4) is 0 Å². The molecule has 2 aliphatic heterocycles. The van der Waals surface area contributed by atoms with Gasteiger partial charge in [0.05, 0.1) is 0 Å². The van der Waals surface area contributed by atoms with Crippen molar-refractivity contribution in [1.82, 2.24) is 15.2 Å². The SMILES string of the molecule is CN=C(NCc1ccc(N2CCCC2)nc1)N1CCc2ccccc2C1. The lowest BCUT2D eigenvalue weighted by Gasteiger charge is -2.31. The first-order chi connectivity index (χ1) is 12.8. The van der Waals surface area contributed by atoms with E-state index in [-0.39, 0.29) is 0 Å². The van der Waals surface area contributed by atoms with Gasteiger partial charge >= 0.3 is 0 Å². The van der Waals surface area contributed by atoms with Gasteiger partial charge in [0, 0.05) is 46.0 Å². The summed E-state index contributed by atoms with van der Waals surface area (Å²) in [6, 6.07) is 13.0. The third-order valence-electron chi connectivity index (χ3n) is 5.33. The molecule has 136 valence electrons. The van der Waals surface area contributed by atoms with Gasteiger partial charge in [-0.05, 0) is 42.0 Å². The van der Waals surface area contributed by atoms with Gasteiger partial charge in [-0.25, -0.2) is 4.98 Å². The lowest BCUT2D eigenvalue weighted by molar-refractivity contribution is 0.378. The molecule has 3 heterocycles. The second-order valence-corrected chi connectivity index (χ2v) is 7.06. The summed E-state index contributed by atoms with van der Waals surface area (Å²) in [6.07, 6.45) is 5.61. The summed E-state index contributed by atoms with van der Waals surface area (Å²) in [6.45, 7) is 4.93. The minimum atomic E-state index is 0.748. The number of nitrogens with one attached hydrogen (secondary N) is 1. The van der Waals surface area contributed by atoms with Crippen LogP contribution in [-0.2, 0) is 19.5 Å². The number of fused-ring (bicyclic) bond motifs is 1. The molecule has 0 spiro atoms. The van der Waals surface area contributed by atoms with E-state index in [4.69, 9.17) is 0 Å². The summed E-state index contributed by atoms with van der Waals surface area (Å²) in [4.78, 5) is 13.8. The molecule has 0 saturated carbocycles. The number of hydrogen-bond donors (Lipinski definition) is 1. The zero-order valence-corrected chi connectivity index (χ0v) is 15.5. The van der Waals surface area contributed by atoms with Gasteiger partial charge in [-0.2, -0.15) is 0 Å². The van der Waals surface area contributed by atoms with Crippen molar-refractivity contribution in [3.05, 3.63) is 59.3 Å². The largest absolute Gasteiger partial charge is 0.357 e. The zero-order valence-electron chi connectivity index (χ0n) is 15.5. The van der Waals surface area contributed by atoms with Crippen molar-refractivity contribution in [2.45, 2.75) is 32.4 Å². The van der Waals surface area contributed by atoms with Crippen molar-refractivity contribution >= 4 is 11.8 Å². The summed E-state index contributed by atoms with van der Waals surface area (Å²) in [5.74, 6) is 2.06. The van der Waals surface area contributed by atoms with E-state index in [1.54, 1.807) is 0 Å². The summed E-state index contributed by atoms with van der Waals surface area (Å²) in [5, 5.41) is 3.50. The molecule has 4 rings (SSSR count). The zero-order chi connectivity index (χ0) is 17.8. The van der Waals surface area contributed by atoms with Gasteiger partial charge in [0.2, 0.25) is 0 Å². The van der Waals surface area contributed by atoms with E-state index in [0.29, 0.717) is 0 Å². The second-order valence-electron chi connectivity index (χ2n) is 7.06. The number of aromatic nitrogens is 1. The first-order valence-corrected chi connectivity index (χ1v) is 9.56. The molecule has 1 N–H and O–H groups in total. The molecule has 0 bridgehead atoms. The van der Waals surface area contributed by atoms with Crippen LogP contribution in [0.25, 0.3) is 0 Å². The quantitative estimate of drug-likeness (QED) is 0.684. The lowest BCUT2D eigenvalue weighted by Crippen LogP contribution is -2.43. The van der Waals surface area contributed by atoms with Crippen LogP contribution in [0.4, 0.5) is 5.82 Å². The maximum atomic E-state index is 4.64. The van der Waals surface area contributed by atoms with Crippen molar-refractivity contribution in [2.75, 3.05) is 31.6 Å². The maximum Gasteiger partial charge on any atom is 0.194 e. The molecule has 2 aliphatic rings. The van der Waals surface area contributed by atoms with E-state index in [0.717, 1.165) is 50.9 Å². The molecule has 5 heteroatoms. The van der Waals surface area contributed by atoms with E-state index in [2.05, 4.69) is 61.5 Å². The number of pyridine rings is 1. The minimum Gasteiger partial charge on any atom is -0.357 e. The number of rotatable bonds is 3. The van der Waals surface area contributed by atoms with Crippen LogP contribution in [0.15, 0.2) is 47.6 Å². The number of benzene rings is 1. The van der Waals surface area contributed by atoms with Gasteiger partial charge in [-0.15, -0.1) is 0 Å². The molecule has 26 heavy (non-hydrogen) atoms. The van der Waals surface area contributed by atoms with Crippen LogP contribution in [-0.4, -0.2) is 42.5 Å². The van der Waals surface area contributed by atoms with E-state index in [1.165, 1.54) is 29.5 Å². The van der Waals surface area contributed by atoms with Crippen LogP contribution in [0.2, 0.25) is 0 Å². The standard InChI is InChI=1S/C21H27N5/c1-22-21(26-13-10-18-6-2-3-7-19(18)16-26)24-15-17-8-9-20(23-14-17)25-11-4-5-12-25/h2-3,6-9,14H,4-5,10-13,15-16H2,1H3,(H,22,24).